The zero-order valence-electron chi connectivity index (χ0n) is 9.98. The van der Waals surface area contributed by atoms with Crippen LogP contribution in [0.3, 0.4) is 0 Å². The van der Waals surface area contributed by atoms with Crippen molar-refractivity contribution in [1.82, 2.24) is 9.62 Å². The van der Waals surface area contributed by atoms with Gasteiger partial charge in [0.15, 0.2) is 0 Å². The number of nitrogens with zero attached hydrogens (tertiary/aromatic N) is 1. The summed E-state index contributed by atoms with van der Waals surface area (Å²) in [6.45, 7) is 0.756. The fourth-order valence-electron chi connectivity index (χ4n) is 1.24. The van der Waals surface area contributed by atoms with Crippen molar-refractivity contribution in [3.63, 3.8) is 0 Å². The van der Waals surface area contributed by atoms with Crippen LogP contribution in [-0.2, 0) is 10.0 Å². The SMILES string of the molecule is CNCCN(C)S(=O)(=O)c1ccc(Cl)cc1F.Cl. The Morgan fingerprint density at radius 3 is 2.56 bits per heavy atom. The van der Waals surface area contributed by atoms with E-state index in [2.05, 4.69) is 5.32 Å². The van der Waals surface area contributed by atoms with Crippen LogP contribution < -0.4 is 5.32 Å². The molecule has 0 saturated heterocycles. The Kier molecular flexibility index (Phi) is 7.09. The second-order valence-electron chi connectivity index (χ2n) is 3.50. The van der Waals surface area contributed by atoms with Gasteiger partial charge in [-0.1, -0.05) is 11.6 Å². The predicted octanol–water partition coefficient (Wildman–Crippen LogP) is 1.74. The first kappa shape index (κ1) is 17.6. The number of hydrogen-bond donors (Lipinski definition) is 1. The lowest BCUT2D eigenvalue weighted by atomic mass is 10.3. The summed E-state index contributed by atoms with van der Waals surface area (Å²) in [7, 11) is -0.684. The number of nitrogens with one attached hydrogen (secondary N) is 1. The van der Waals surface area contributed by atoms with Crippen molar-refractivity contribution in [1.29, 1.82) is 0 Å². The van der Waals surface area contributed by atoms with Crippen molar-refractivity contribution in [3.8, 4) is 0 Å². The third-order valence-corrected chi connectivity index (χ3v) is 4.38. The van der Waals surface area contributed by atoms with Crippen molar-refractivity contribution in [2.75, 3.05) is 27.2 Å². The van der Waals surface area contributed by atoms with Gasteiger partial charge in [0.05, 0.1) is 0 Å². The second kappa shape index (κ2) is 7.25. The van der Waals surface area contributed by atoms with Gasteiger partial charge in [-0.3, -0.25) is 0 Å². The maximum absolute atomic E-state index is 13.5. The molecule has 0 aromatic heterocycles. The van der Waals surface area contributed by atoms with Crippen molar-refractivity contribution in [2.24, 2.45) is 0 Å². The molecule has 0 atom stereocenters. The van der Waals surface area contributed by atoms with E-state index in [0.29, 0.717) is 6.54 Å². The molecule has 0 heterocycles. The number of halogens is 3. The molecule has 0 amide bonds. The van der Waals surface area contributed by atoms with Crippen LogP contribution in [0, 0.1) is 5.82 Å². The van der Waals surface area contributed by atoms with E-state index in [1.807, 2.05) is 0 Å². The Labute approximate surface area is 118 Å². The second-order valence-corrected chi connectivity index (χ2v) is 5.95. The summed E-state index contributed by atoms with van der Waals surface area (Å²) in [4.78, 5) is -0.361. The number of rotatable bonds is 5. The Hall–Kier alpha value is -0.400. The van der Waals surface area contributed by atoms with E-state index in [-0.39, 0.29) is 28.9 Å². The molecule has 0 unspecified atom stereocenters. The van der Waals surface area contributed by atoms with E-state index in [1.165, 1.54) is 19.2 Å². The molecular weight excluding hydrogens is 302 g/mol. The third-order valence-electron chi connectivity index (χ3n) is 2.26. The van der Waals surface area contributed by atoms with E-state index in [4.69, 9.17) is 11.6 Å². The molecule has 18 heavy (non-hydrogen) atoms. The Morgan fingerprint density at radius 1 is 1.44 bits per heavy atom. The van der Waals surface area contributed by atoms with Gasteiger partial charge in [-0.2, -0.15) is 4.31 Å². The van der Waals surface area contributed by atoms with Crippen LogP contribution in [0.1, 0.15) is 0 Å². The molecule has 1 rings (SSSR count). The Morgan fingerprint density at radius 2 is 2.06 bits per heavy atom. The molecule has 0 saturated carbocycles. The molecule has 0 aliphatic rings. The first-order chi connectivity index (χ1) is 7.89. The van der Waals surface area contributed by atoms with Crippen LogP contribution in [0.5, 0.6) is 0 Å². The summed E-state index contributed by atoms with van der Waals surface area (Å²) in [5.41, 5.74) is 0. The summed E-state index contributed by atoms with van der Waals surface area (Å²) in [6.07, 6.45) is 0. The number of benzene rings is 1. The quantitative estimate of drug-likeness (QED) is 0.900. The molecule has 0 radical (unpaired) electrons. The molecule has 0 aliphatic carbocycles. The highest BCUT2D eigenvalue weighted by atomic mass is 35.5. The highest BCUT2D eigenvalue weighted by Crippen LogP contribution is 2.21. The molecule has 0 spiro atoms. The number of sulfonamides is 1. The fourth-order valence-corrected chi connectivity index (χ4v) is 2.61. The van der Waals surface area contributed by atoms with Crippen molar-refractivity contribution < 1.29 is 12.8 Å². The summed E-state index contributed by atoms with van der Waals surface area (Å²) in [5, 5.41) is 2.99. The highest BCUT2D eigenvalue weighted by molar-refractivity contribution is 7.89. The summed E-state index contributed by atoms with van der Waals surface area (Å²) >= 11 is 5.57. The van der Waals surface area contributed by atoms with Gasteiger partial charge in [0.2, 0.25) is 10.0 Å². The third kappa shape index (κ3) is 4.07. The van der Waals surface area contributed by atoms with E-state index >= 15 is 0 Å². The molecule has 104 valence electrons. The number of likely N-dealkylation sites (N-methyl/N-ethyl adjacent to an activating group) is 2. The summed E-state index contributed by atoms with van der Waals surface area (Å²) in [6, 6.07) is 3.51. The van der Waals surface area contributed by atoms with Crippen molar-refractivity contribution in [3.05, 3.63) is 29.0 Å². The lowest BCUT2D eigenvalue weighted by Crippen LogP contribution is -2.33. The first-order valence-electron chi connectivity index (χ1n) is 4.95. The van der Waals surface area contributed by atoms with Gasteiger partial charge in [0.25, 0.3) is 0 Å². The van der Waals surface area contributed by atoms with Gasteiger partial charge in [0.1, 0.15) is 10.7 Å². The zero-order valence-corrected chi connectivity index (χ0v) is 12.4. The Balaban J connectivity index is 0.00000289. The minimum absolute atomic E-state index is 0. The molecule has 1 aromatic carbocycles. The first-order valence-corrected chi connectivity index (χ1v) is 6.77. The normalized spacial score (nSPS) is 11.4. The topological polar surface area (TPSA) is 49.4 Å². The van der Waals surface area contributed by atoms with Crippen LogP contribution in [0.15, 0.2) is 23.1 Å². The predicted molar refractivity (Wildman–Crippen MR) is 72.4 cm³/mol. The maximum atomic E-state index is 13.5. The summed E-state index contributed by atoms with van der Waals surface area (Å²) < 4.78 is 38.6. The van der Waals surface area contributed by atoms with E-state index < -0.39 is 15.8 Å². The van der Waals surface area contributed by atoms with E-state index in [9.17, 15) is 12.8 Å². The molecule has 4 nitrogen and oxygen atoms in total. The lowest BCUT2D eigenvalue weighted by molar-refractivity contribution is 0.459. The highest BCUT2D eigenvalue weighted by Gasteiger charge is 2.23. The molecule has 8 heteroatoms. The van der Waals surface area contributed by atoms with Gasteiger partial charge in [-0.25, -0.2) is 12.8 Å². The van der Waals surface area contributed by atoms with Crippen LogP contribution in [0.25, 0.3) is 0 Å². The molecule has 1 N–H and O–H groups in total. The van der Waals surface area contributed by atoms with Crippen LogP contribution in [0.2, 0.25) is 5.02 Å². The minimum atomic E-state index is -3.80. The van der Waals surface area contributed by atoms with Gasteiger partial charge in [-0.05, 0) is 25.2 Å². The fraction of sp³-hybridized carbons (Fsp3) is 0.400. The largest absolute Gasteiger partial charge is 0.318 e. The lowest BCUT2D eigenvalue weighted by Gasteiger charge is -2.17. The van der Waals surface area contributed by atoms with Gasteiger partial charge in [-0.15, -0.1) is 12.4 Å². The molecule has 1 aromatic rings. The molecule has 0 bridgehead atoms. The smallest absolute Gasteiger partial charge is 0.245 e. The summed E-state index contributed by atoms with van der Waals surface area (Å²) in [5.74, 6) is -0.839. The van der Waals surface area contributed by atoms with Crippen molar-refractivity contribution in [2.45, 2.75) is 4.90 Å². The van der Waals surface area contributed by atoms with E-state index in [1.54, 1.807) is 7.05 Å². The monoisotopic (exact) mass is 316 g/mol. The van der Waals surface area contributed by atoms with E-state index in [0.717, 1.165) is 10.4 Å². The number of hydrogen-bond acceptors (Lipinski definition) is 3. The van der Waals surface area contributed by atoms with Crippen molar-refractivity contribution >= 4 is 34.0 Å². The minimum Gasteiger partial charge on any atom is -0.318 e. The van der Waals surface area contributed by atoms with Crippen LogP contribution in [-0.4, -0.2) is 39.9 Å². The van der Waals surface area contributed by atoms with Gasteiger partial charge in [0, 0.05) is 25.2 Å². The average Bonchev–Trinajstić information content (AvgIpc) is 2.25. The molecule has 0 fully saturated rings. The van der Waals surface area contributed by atoms with Crippen LogP contribution >= 0.6 is 24.0 Å². The van der Waals surface area contributed by atoms with Gasteiger partial charge < -0.3 is 5.32 Å². The Bertz CT molecular complexity index is 497. The van der Waals surface area contributed by atoms with Gasteiger partial charge >= 0.3 is 0 Å². The molecule has 0 aliphatic heterocycles. The van der Waals surface area contributed by atoms with Crippen LogP contribution in [0.4, 0.5) is 4.39 Å². The average molecular weight is 317 g/mol. The molecular formula is C10H15Cl2FN2O2S. The zero-order chi connectivity index (χ0) is 13.1. The standard InChI is InChI=1S/C10H14ClFN2O2S.ClH/c1-13-5-6-14(2)17(15,16)10-4-3-8(11)7-9(10)12;/h3-4,7,13H,5-6H2,1-2H3;1H. The maximum Gasteiger partial charge on any atom is 0.245 e.